The summed E-state index contributed by atoms with van der Waals surface area (Å²) in [5.41, 5.74) is 3.34. The largest absolute Gasteiger partial charge is 0.496 e. The van der Waals surface area contributed by atoms with Crippen molar-refractivity contribution in [2.24, 2.45) is 0 Å². The van der Waals surface area contributed by atoms with Crippen LogP contribution in [0.1, 0.15) is 43.4 Å². The molecule has 0 saturated carbocycles. The minimum Gasteiger partial charge on any atom is -0.496 e. The van der Waals surface area contributed by atoms with Gasteiger partial charge in [-0.05, 0) is 61.4 Å². The summed E-state index contributed by atoms with van der Waals surface area (Å²) in [6.07, 6.45) is 6.52. The summed E-state index contributed by atoms with van der Waals surface area (Å²) in [5, 5.41) is 0. The van der Waals surface area contributed by atoms with Gasteiger partial charge in [-0.2, -0.15) is 0 Å². The molecule has 0 unspecified atom stereocenters. The van der Waals surface area contributed by atoms with E-state index in [9.17, 15) is 0 Å². The number of halogens is 1. The first-order chi connectivity index (χ1) is 12.9. The highest BCUT2D eigenvalue weighted by Gasteiger charge is 1.97. The van der Waals surface area contributed by atoms with Crippen molar-refractivity contribution in [2.45, 2.75) is 40.5 Å². The van der Waals surface area contributed by atoms with Gasteiger partial charge in [-0.15, -0.1) is 12.3 Å². The molecule has 3 heteroatoms. The SMILES string of the molecule is C#CCC.CCC#Cc1ccc(OC)c(C)c1.COc1ccc(Br)cc1C. The van der Waals surface area contributed by atoms with E-state index in [1.807, 2.05) is 64.1 Å². The summed E-state index contributed by atoms with van der Waals surface area (Å²) in [4.78, 5) is 0. The van der Waals surface area contributed by atoms with Gasteiger partial charge in [-0.1, -0.05) is 41.6 Å². The Hall–Kier alpha value is -2.36. The van der Waals surface area contributed by atoms with Gasteiger partial charge in [0.05, 0.1) is 14.2 Å². The van der Waals surface area contributed by atoms with Crippen LogP contribution in [0.25, 0.3) is 0 Å². The molecule has 0 N–H and O–H groups in total. The highest BCUT2D eigenvalue weighted by molar-refractivity contribution is 9.10. The second-order valence-corrected chi connectivity index (χ2v) is 6.43. The van der Waals surface area contributed by atoms with Crippen LogP contribution in [0.3, 0.4) is 0 Å². The molecule has 0 heterocycles. The Morgan fingerprint density at radius 2 is 1.41 bits per heavy atom. The molecule has 0 aliphatic carbocycles. The van der Waals surface area contributed by atoms with Crippen LogP contribution in [-0.4, -0.2) is 14.2 Å². The number of aryl methyl sites for hydroxylation is 2. The number of ether oxygens (including phenoxy) is 2. The number of hydrogen-bond acceptors (Lipinski definition) is 2. The van der Waals surface area contributed by atoms with Crippen LogP contribution in [0, 0.1) is 38.0 Å². The second kappa shape index (κ2) is 14.8. The van der Waals surface area contributed by atoms with Crippen LogP contribution < -0.4 is 9.47 Å². The van der Waals surface area contributed by atoms with Gasteiger partial charge in [0, 0.05) is 22.9 Å². The Bertz CT molecular complexity index is 792. The van der Waals surface area contributed by atoms with E-state index in [1.54, 1.807) is 14.2 Å². The molecule has 0 radical (unpaired) electrons. The molecule has 2 aromatic carbocycles. The Morgan fingerprint density at radius 3 is 1.81 bits per heavy atom. The summed E-state index contributed by atoms with van der Waals surface area (Å²) in [5.74, 6) is 10.4. The topological polar surface area (TPSA) is 18.5 Å². The molecule has 0 aliphatic heterocycles. The lowest BCUT2D eigenvalue weighted by atomic mass is 10.1. The van der Waals surface area contributed by atoms with Crippen LogP contribution in [-0.2, 0) is 0 Å². The first-order valence-electron chi connectivity index (χ1n) is 8.80. The van der Waals surface area contributed by atoms with Crippen molar-refractivity contribution in [3.63, 3.8) is 0 Å². The van der Waals surface area contributed by atoms with Gasteiger partial charge in [0.15, 0.2) is 0 Å². The van der Waals surface area contributed by atoms with Crippen LogP contribution in [0.15, 0.2) is 40.9 Å². The van der Waals surface area contributed by atoms with Crippen LogP contribution >= 0.6 is 15.9 Å². The predicted octanol–water partition coefficient (Wildman–Crippen LogP) is 6.56. The van der Waals surface area contributed by atoms with Gasteiger partial charge < -0.3 is 9.47 Å². The zero-order valence-electron chi connectivity index (χ0n) is 17.2. The van der Waals surface area contributed by atoms with E-state index in [2.05, 4.69) is 33.7 Å². The normalized spacial score (nSPS) is 8.52. The summed E-state index contributed by atoms with van der Waals surface area (Å²) in [6, 6.07) is 11.9. The van der Waals surface area contributed by atoms with Crippen LogP contribution in [0.4, 0.5) is 0 Å². The molecule has 2 nitrogen and oxygen atoms in total. The van der Waals surface area contributed by atoms with Gasteiger partial charge in [-0.25, -0.2) is 0 Å². The molecule has 27 heavy (non-hydrogen) atoms. The molecular weight excluding hydrogens is 400 g/mol. The molecule has 144 valence electrons. The third-order valence-corrected chi connectivity index (χ3v) is 3.86. The summed E-state index contributed by atoms with van der Waals surface area (Å²) in [6.45, 7) is 8.03. The van der Waals surface area contributed by atoms with Crippen molar-refractivity contribution in [3.8, 4) is 35.7 Å². The zero-order valence-corrected chi connectivity index (χ0v) is 18.7. The lowest BCUT2D eigenvalue weighted by Crippen LogP contribution is -1.87. The van der Waals surface area contributed by atoms with E-state index >= 15 is 0 Å². The molecule has 0 aliphatic rings. The maximum atomic E-state index is 5.16. The summed E-state index contributed by atoms with van der Waals surface area (Å²) < 4.78 is 11.3. The minimum atomic E-state index is 0.847. The molecule has 0 spiro atoms. The van der Waals surface area contributed by atoms with E-state index in [0.29, 0.717) is 0 Å². The lowest BCUT2D eigenvalue weighted by molar-refractivity contribution is 0.411. The number of benzene rings is 2. The fourth-order valence-corrected chi connectivity index (χ4v) is 2.46. The van der Waals surface area contributed by atoms with Crippen molar-refractivity contribution in [1.82, 2.24) is 0 Å². The van der Waals surface area contributed by atoms with Crippen molar-refractivity contribution >= 4 is 15.9 Å². The van der Waals surface area contributed by atoms with E-state index in [1.165, 1.54) is 0 Å². The Morgan fingerprint density at radius 1 is 0.889 bits per heavy atom. The van der Waals surface area contributed by atoms with Gasteiger partial charge in [0.25, 0.3) is 0 Å². The molecule has 2 aromatic rings. The molecule has 0 amide bonds. The predicted molar refractivity (Wildman–Crippen MR) is 119 cm³/mol. The Kier molecular flexibility index (Phi) is 13.5. The Balaban J connectivity index is 0.000000428. The highest BCUT2D eigenvalue weighted by Crippen LogP contribution is 2.21. The van der Waals surface area contributed by atoms with Gasteiger partial charge >= 0.3 is 0 Å². The van der Waals surface area contributed by atoms with Gasteiger partial charge in [0.2, 0.25) is 0 Å². The standard InChI is InChI=1S/C12H14O.C8H9BrO.C4H6/c1-4-5-6-11-7-8-12(13-3)10(2)9-11;1-6-5-7(9)3-4-8(6)10-2;1-3-4-2/h7-9H,4H2,1-3H3;3-5H,1-2H3;1H,4H2,2H3. The molecule has 0 fully saturated rings. The first-order valence-corrected chi connectivity index (χ1v) is 9.59. The van der Waals surface area contributed by atoms with Crippen molar-refractivity contribution in [2.75, 3.05) is 14.2 Å². The molecule has 2 rings (SSSR count). The molecular formula is C24H29BrO2. The molecule has 0 aromatic heterocycles. The second-order valence-electron chi connectivity index (χ2n) is 5.51. The summed E-state index contributed by atoms with van der Waals surface area (Å²) >= 11 is 3.37. The van der Waals surface area contributed by atoms with E-state index < -0.39 is 0 Å². The number of hydrogen-bond donors (Lipinski definition) is 0. The minimum absolute atomic E-state index is 0.847. The third-order valence-electron chi connectivity index (χ3n) is 3.37. The van der Waals surface area contributed by atoms with Crippen molar-refractivity contribution in [1.29, 1.82) is 0 Å². The highest BCUT2D eigenvalue weighted by atomic mass is 79.9. The number of rotatable bonds is 2. The first kappa shape index (κ1) is 24.6. The fraction of sp³-hybridized carbons (Fsp3) is 0.333. The average Bonchev–Trinajstić information content (AvgIpc) is 2.67. The number of terminal acetylenes is 1. The molecule has 0 saturated heterocycles. The Labute approximate surface area is 173 Å². The van der Waals surface area contributed by atoms with Gasteiger partial charge in [-0.3, -0.25) is 0 Å². The van der Waals surface area contributed by atoms with Crippen molar-refractivity contribution in [3.05, 3.63) is 57.6 Å². The van der Waals surface area contributed by atoms with Crippen LogP contribution in [0.2, 0.25) is 0 Å². The molecule has 0 bridgehead atoms. The number of methoxy groups -OCH3 is 2. The zero-order chi connectivity index (χ0) is 20.7. The smallest absolute Gasteiger partial charge is 0.121 e. The van der Waals surface area contributed by atoms with Crippen molar-refractivity contribution < 1.29 is 9.47 Å². The molecule has 0 atom stereocenters. The maximum absolute atomic E-state index is 5.16. The van der Waals surface area contributed by atoms with E-state index in [-0.39, 0.29) is 0 Å². The lowest BCUT2D eigenvalue weighted by Gasteiger charge is -2.03. The van der Waals surface area contributed by atoms with E-state index in [4.69, 9.17) is 15.9 Å². The average molecular weight is 429 g/mol. The van der Waals surface area contributed by atoms with E-state index in [0.717, 1.165) is 45.5 Å². The van der Waals surface area contributed by atoms with Gasteiger partial charge in [0.1, 0.15) is 11.5 Å². The third kappa shape index (κ3) is 10.4. The fourth-order valence-electron chi connectivity index (χ4n) is 1.99. The van der Waals surface area contributed by atoms with Crippen LogP contribution in [0.5, 0.6) is 11.5 Å². The quantitative estimate of drug-likeness (QED) is 0.504. The monoisotopic (exact) mass is 428 g/mol. The summed E-state index contributed by atoms with van der Waals surface area (Å²) in [7, 11) is 3.36. The maximum Gasteiger partial charge on any atom is 0.121 e.